The van der Waals surface area contributed by atoms with Crippen LogP contribution in [-0.2, 0) is 4.84 Å². The second kappa shape index (κ2) is 2.70. The number of hydrogen-bond acceptors (Lipinski definition) is 2. The molecule has 1 saturated carbocycles. The van der Waals surface area contributed by atoms with Crippen LogP contribution in [-0.4, -0.2) is 13.3 Å². The SMILES string of the molecule is CON=CCC1CC1. The highest BCUT2D eigenvalue weighted by atomic mass is 16.6. The van der Waals surface area contributed by atoms with E-state index >= 15 is 0 Å². The van der Waals surface area contributed by atoms with Crippen LogP contribution < -0.4 is 0 Å². The summed E-state index contributed by atoms with van der Waals surface area (Å²) < 4.78 is 0. The molecule has 0 aliphatic heterocycles. The van der Waals surface area contributed by atoms with Gasteiger partial charge in [-0.05, 0) is 25.2 Å². The van der Waals surface area contributed by atoms with E-state index in [2.05, 4.69) is 9.99 Å². The first-order chi connectivity index (χ1) is 3.93. The van der Waals surface area contributed by atoms with Gasteiger partial charge in [-0.15, -0.1) is 0 Å². The van der Waals surface area contributed by atoms with Gasteiger partial charge in [-0.25, -0.2) is 0 Å². The summed E-state index contributed by atoms with van der Waals surface area (Å²) in [5.41, 5.74) is 0. The van der Waals surface area contributed by atoms with Gasteiger partial charge < -0.3 is 4.84 Å². The maximum atomic E-state index is 4.49. The van der Waals surface area contributed by atoms with Gasteiger partial charge in [0.15, 0.2) is 0 Å². The molecule has 8 heavy (non-hydrogen) atoms. The molecule has 1 fully saturated rings. The van der Waals surface area contributed by atoms with Gasteiger partial charge in [-0.1, -0.05) is 5.16 Å². The second-order valence-corrected chi connectivity index (χ2v) is 2.15. The summed E-state index contributed by atoms with van der Waals surface area (Å²) in [6.07, 6.45) is 5.72. The Morgan fingerprint density at radius 2 is 2.50 bits per heavy atom. The van der Waals surface area contributed by atoms with Crippen molar-refractivity contribution in [2.45, 2.75) is 19.3 Å². The van der Waals surface area contributed by atoms with Crippen molar-refractivity contribution in [3.05, 3.63) is 0 Å². The Morgan fingerprint density at radius 3 is 3.00 bits per heavy atom. The van der Waals surface area contributed by atoms with Crippen molar-refractivity contribution in [1.82, 2.24) is 0 Å². The van der Waals surface area contributed by atoms with Crippen LogP contribution in [0.15, 0.2) is 5.16 Å². The van der Waals surface area contributed by atoms with Crippen molar-refractivity contribution in [1.29, 1.82) is 0 Å². The van der Waals surface area contributed by atoms with Crippen LogP contribution in [0.4, 0.5) is 0 Å². The fraction of sp³-hybridized carbons (Fsp3) is 0.833. The summed E-state index contributed by atoms with van der Waals surface area (Å²) in [6.45, 7) is 0. The van der Waals surface area contributed by atoms with Crippen LogP contribution in [0.2, 0.25) is 0 Å². The van der Waals surface area contributed by atoms with Gasteiger partial charge in [0.2, 0.25) is 0 Å². The third kappa shape index (κ3) is 1.96. The topological polar surface area (TPSA) is 21.6 Å². The average molecular weight is 113 g/mol. The Morgan fingerprint density at radius 1 is 1.75 bits per heavy atom. The summed E-state index contributed by atoms with van der Waals surface area (Å²) in [7, 11) is 1.57. The molecule has 46 valence electrons. The lowest BCUT2D eigenvalue weighted by Crippen LogP contribution is -1.77. The molecule has 0 bridgehead atoms. The lowest BCUT2D eigenvalue weighted by atomic mass is 10.3. The molecule has 0 aromatic carbocycles. The predicted molar refractivity (Wildman–Crippen MR) is 32.8 cm³/mol. The number of oxime groups is 1. The molecule has 1 aliphatic carbocycles. The summed E-state index contributed by atoms with van der Waals surface area (Å²) in [5, 5.41) is 3.63. The molecule has 1 rings (SSSR count). The van der Waals surface area contributed by atoms with Crippen LogP contribution >= 0.6 is 0 Å². The Balaban J connectivity index is 1.93. The van der Waals surface area contributed by atoms with Crippen molar-refractivity contribution in [2.24, 2.45) is 11.1 Å². The lowest BCUT2D eigenvalue weighted by molar-refractivity contribution is 0.214. The summed E-state index contributed by atoms with van der Waals surface area (Å²) in [4.78, 5) is 4.49. The standard InChI is InChI=1S/C6H11NO/c1-8-7-5-4-6-2-3-6/h5-6H,2-4H2,1H3. The minimum atomic E-state index is 0.925. The molecule has 0 aromatic rings. The van der Waals surface area contributed by atoms with Gasteiger partial charge in [-0.2, -0.15) is 0 Å². The van der Waals surface area contributed by atoms with E-state index in [1.807, 2.05) is 6.21 Å². The van der Waals surface area contributed by atoms with E-state index in [1.54, 1.807) is 7.11 Å². The number of rotatable bonds is 3. The smallest absolute Gasteiger partial charge is 0.106 e. The normalized spacial score (nSPS) is 19.6. The maximum absolute atomic E-state index is 4.49. The Labute approximate surface area is 49.5 Å². The van der Waals surface area contributed by atoms with Crippen molar-refractivity contribution >= 4 is 6.21 Å². The summed E-state index contributed by atoms with van der Waals surface area (Å²) in [5.74, 6) is 0.925. The van der Waals surface area contributed by atoms with Crippen molar-refractivity contribution < 1.29 is 4.84 Å². The molecule has 0 spiro atoms. The van der Waals surface area contributed by atoms with E-state index in [1.165, 1.54) is 12.8 Å². The van der Waals surface area contributed by atoms with E-state index < -0.39 is 0 Å². The van der Waals surface area contributed by atoms with Gasteiger partial charge in [0, 0.05) is 6.21 Å². The van der Waals surface area contributed by atoms with Gasteiger partial charge in [-0.3, -0.25) is 0 Å². The quantitative estimate of drug-likeness (QED) is 0.400. The third-order valence-corrected chi connectivity index (χ3v) is 1.32. The largest absolute Gasteiger partial charge is 0.399 e. The zero-order chi connectivity index (χ0) is 5.82. The molecular weight excluding hydrogens is 102 g/mol. The fourth-order valence-corrected chi connectivity index (χ4v) is 0.620. The molecule has 1 aliphatic rings. The first-order valence-corrected chi connectivity index (χ1v) is 2.98. The molecular formula is C6H11NO. The van der Waals surface area contributed by atoms with Crippen LogP contribution in [0.25, 0.3) is 0 Å². The average Bonchev–Trinajstić information content (AvgIpc) is 2.51. The molecule has 0 N–H and O–H groups in total. The molecule has 0 heterocycles. The van der Waals surface area contributed by atoms with Crippen LogP contribution in [0.3, 0.4) is 0 Å². The number of hydrogen-bond donors (Lipinski definition) is 0. The zero-order valence-corrected chi connectivity index (χ0v) is 5.13. The molecule has 2 heteroatoms. The van der Waals surface area contributed by atoms with E-state index in [-0.39, 0.29) is 0 Å². The zero-order valence-electron chi connectivity index (χ0n) is 5.13. The van der Waals surface area contributed by atoms with Crippen molar-refractivity contribution in [3.63, 3.8) is 0 Å². The fourth-order valence-electron chi connectivity index (χ4n) is 0.620. The first kappa shape index (κ1) is 5.60. The minimum Gasteiger partial charge on any atom is -0.399 e. The Bertz CT molecular complexity index is 86.5. The monoisotopic (exact) mass is 113 g/mol. The highest BCUT2D eigenvalue weighted by Gasteiger charge is 2.19. The Kier molecular flexibility index (Phi) is 1.89. The van der Waals surface area contributed by atoms with Gasteiger partial charge in [0.25, 0.3) is 0 Å². The first-order valence-electron chi connectivity index (χ1n) is 2.98. The van der Waals surface area contributed by atoms with Gasteiger partial charge in [0.1, 0.15) is 7.11 Å². The van der Waals surface area contributed by atoms with Crippen LogP contribution in [0, 0.1) is 5.92 Å². The predicted octanol–water partition coefficient (Wildman–Crippen LogP) is 1.42. The van der Waals surface area contributed by atoms with Crippen molar-refractivity contribution in [3.8, 4) is 0 Å². The molecule has 0 unspecified atom stereocenters. The molecule has 0 atom stereocenters. The second-order valence-electron chi connectivity index (χ2n) is 2.15. The summed E-state index contributed by atoms with van der Waals surface area (Å²) in [6, 6.07) is 0. The van der Waals surface area contributed by atoms with E-state index in [9.17, 15) is 0 Å². The van der Waals surface area contributed by atoms with E-state index in [0.29, 0.717) is 0 Å². The molecule has 0 saturated heterocycles. The van der Waals surface area contributed by atoms with Crippen LogP contribution in [0.5, 0.6) is 0 Å². The van der Waals surface area contributed by atoms with Crippen molar-refractivity contribution in [2.75, 3.05) is 7.11 Å². The number of nitrogens with zero attached hydrogens (tertiary/aromatic N) is 1. The van der Waals surface area contributed by atoms with Crippen LogP contribution in [0.1, 0.15) is 19.3 Å². The highest BCUT2D eigenvalue weighted by Crippen LogP contribution is 2.31. The lowest BCUT2D eigenvalue weighted by Gasteiger charge is -1.83. The van der Waals surface area contributed by atoms with E-state index in [4.69, 9.17) is 0 Å². The highest BCUT2D eigenvalue weighted by molar-refractivity contribution is 5.57. The van der Waals surface area contributed by atoms with Gasteiger partial charge >= 0.3 is 0 Å². The van der Waals surface area contributed by atoms with E-state index in [0.717, 1.165) is 12.3 Å². The summed E-state index contributed by atoms with van der Waals surface area (Å²) >= 11 is 0. The molecule has 0 aromatic heterocycles. The molecule has 0 amide bonds. The molecule has 0 radical (unpaired) electrons. The van der Waals surface area contributed by atoms with Gasteiger partial charge in [0.05, 0.1) is 0 Å². The molecule has 2 nitrogen and oxygen atoms in total. The Hall–Kier alpha value is -0.530. The third-order valence-electron chi connectivity index (χ3n) is 1.32. The minimum absolute atomic E-state index is 0.925. The maximum Gasteiger partial charge on any atom is 0.106 e.